The highest BCUT2D eigenvalue weighted by Crippen LogP contribution is 2.21. The van der Waals surface area contributed by atoms with Crippen molar-refractivity contribution in [3.05, 3.63) is 36.0 Å². The summed E-state index contributed by atoms with van der Waals surface area (Å²) in [5, 5.41) is 9.80. The molecule has 0 bridgehead atoms. The molecular formula is C13H18N2O2. The summed E-state index contributed by atoms with van der Waals surface area (Å²) in [4.78, 5) is 10.5. The van der Waals surface area contributed by atoms with Crippen molar-refractivity contribution in [3.8, 4) is 0 Å². The number of fused-ring (bicyclic) bond motifs is 1. The van der Waals surface area contributed by atoms with E-state index in [-0.39, 0.29) is 6.42 Å². The molecule has 0 atom stereocenters. The van der Waals surface area contributed by atoms with Gasteiger partial charge in [0.25, 0.3) is 0 Å². The van der Waals surface area contributed by atoms with Gasteiger partial charge in [0.2, 0.25) is 0 Å². The minimum atomic E-state index is -0.747. The SMILES string of the molecule is CN.Cn1cc(CCC(=O)O)c2ccccc21. The Labute approximate surface area is 101 Å². The van der Waals surface area contributed by atoms with Crippen LogP contribution in [0.3, 0.4) is 0 Å². The summed E-state index contributed by atoms with van der Waals surface area (Å²) in [5.41, 5.74) is 6.76. The number of nitrogens with two attached hydrogens (primary N) is 1. The molecule has 2 aromatic rings. The monoisotopic (exact) mass is 234 g/mol. The predicted molar refractivity (Wildman–Crippen MR) is 69.0 cm³/mol. The number of aromatic nitrogens is 1. The van der Waals surface area contributed by atoms with Crippen LogP contribution in [0.5, 0.6) is 0 Å². The number of carbonyl (C=O) groups is 1. The lowest BCUT2D eigenvalue weighted by Crippen LogP contribution is -1.96. The molecule has 0 spiro atoms. The molecule has 1 heterocycles. The van der Waals surface area contributed by atoms with E-state index in [1.54, 1.807) is 0 Å². The fourth-order valence-corrected chi connectivity index (χ4v) is 1.87. The number of carboxylic acid groups (broad SMARTS) is 1. The van der Waals surface area contributed by atoms with Crippen molar-refractivity contribution in [2.24, 2.45) is 12.8 Å². The second-order valence-corrected chi connectivity index (χ2v) is 3.68. The maximum Gasteiger partial charge on any atom is 0.303 e. The quantitative estimate of drug-likeness (QED) is 0.850. The zero-order valence-corrected chi connectivity index (χ0v) is 10.2. The van der Waals surface area contributed by atoms with Crippen molar-refractivity contribution in [2.45, 2.75) is 12.8 Å². The molecular weight excluding hydrogens is 216 g/mol. The van der Waals surface area contributed by atoms with Crippen molar-refractivity contribution in [2.75, 3.05) is 7.05 Å². The van der Waals surface area contributed by atoms with Gasteiger partial charge >= 0.3 is 5.97 Å². The van der Waals surface area contributed by atoms with Gasteiger partial charge in [0.15, 0.2) is 0 Å². The summed E-state index contributed by atoms with van der Waals surface area (Å²) in [7, 11) is 3.48. The molecule has 0 saturated heterocycles. The summed E-state index contributed by atoms with van der Waals surface area (Å²) < 4.78 is 2.03. The van der Waals surface area contributed by atoms with Gasteiger partial charge in [-0.1, -0.05) is 18.2 Å². The Morgan fingerprint density at radius 2 is 2.00 bits per heavy atom. The molecule has 3 N–H and O–H groups in total. The molecule has 1 aromatic heterocycles. The number of nitrogens with zero attached hydrogens (tertiary/aromatic N) is 1. The first-order valence-electron chi connectivity index (χ1n) is 5.51. The van der Waals surface area contributed by atoms with Crippen LogP contribution in [-0.4, -0.2) is 22.7 Å². The fourth-order valence-electron chi connectivity index (χ4n) is 1.87. The highest BCUT2D eigenvalue weighted by atomic mass is 16.4. The van der Waals surface area contributed by atoms with E-state index < -0.39 is 5.97 Å². The number of para-hydroxylation sites is 1. The molecule has 0 unspecified atom stereocenters. The molecule has 92 valence electrons. The van der Waals surface area contributed by atoms with Crippen molar-refractivity contribution >= 4 is 16.9 Å². The third-order valence-electron chi connectivity index (χ3n) is 2.59. The second kappa shape index (κ2) is 6.06. The fraction of sp³-hybridized carbons (Fsp3) is 0.308. The molecule has 4 heteroatoms. The molecule has 17 heavy (non-hydrogen) atoms. The predicted octanol–water partition coefficient (Wildman–Crippen LogP) is 1.77. The van der Waals surface area contributed by atoms with Gasteiger partial charge in [-0.05, 0) is 25.1 Å². The maximum absolute atomic E-state index is 10.5. The topological polar surface area (TPSA) is 68.2 Å². The number of hydrogen-bond donors (Lipinski definition) is 2. The van der Waals surface area contributed by atoms with Crippen LogP contribution in [0, 0.1) is 0 Å². The zero-order valence-electron chi connectivity index (χ0n) is 10.2. The number of hydrogen-bond acceptors (Lipinski definition) is 2. The molecule has 0 saturated carbocycles. The zero-order chi connectivity index (χ0) is 12.8. The van der Waals surface area contributed by atoms with Gasteiger partial charge in [0.05, 0.1) is 0 Å². The first kappa shape index (κ1) is 13.3. The Kier molecular flexibility index (Phi) is 4.72. The van der Waals surface area contributed by atoms with Crippen LogP contribution in [0.1, 0.15) is 12.0 Å². The normalized spacial score (nSPS) is 9.82. The van der Waals surface area contributed by atoms with Crippen LogP contribution < -0.4 is 5.73 Å². The van der Waals surface area contributed by atoms with E-state index >= 15 is 0 Å². The van der Waals surface area contributed by atoms with Crippen LogP contribution in [0.2, 0.25) is 0 Å². The summed E-state index contributed by atoms with van der Waals surface area (Å²) in [6.45, 7) is 0. The molecule has 0 aliphatic heterocycles. The molecule has 0 aliphatic rings. The Morgan fingerprint density at radius 1 is 1.35 bits per heavy atom. The first-order valence-corrected chi connectivity index (χ1v) is 5.51. The van der Waals surface area contributed by atoms with Gasteiger partial charge in [-0.2, -0.15) is 0 Å². The van der Waals surface area contributed by atoms with Crippen molar-refractivity contribution in [1.29, 1.82) is 0 Å². The maximum atomic E-state index is 10.5. The third kappa shape index (κ3) is 3.07. The summed E-state index contributed by atoms with van der Waals surface area (Å²) in [6, 6.07) is 8.04. The van der Waals surface area contributed by atoms with E-state index in [9.17, 15) is 4.79 Å². The minimum Gasteiger partial charge on any atom is -0.481 e. The van der Waals surface area contributed by atoms with E-state index in [1.165, 1.54) is 7.05 Å². The van der Waals surface area contributed by atoms with Crippen LogP contribution in [0.25, 0.3) is 10.9 Å². The van der Waals surface area contributed by atoms with Crippen LogP contribution in [0.15, 0.2) is 30.5 Å². The standard InChI is InChI=1S/C12H13NO2.CH5N/c1-13-8-9(6-7-12(14)15)10-4-2-3-5-11(10)13;1-2/h2-5,8H,6-7H2,1H3,(H,14,15);2H2,1H3. The van der Waals surface area contributed by atoms with Crippen LogP contribution >= 0.6 is 0 Å². The number of aryl methyl sites for hydroxylation is 2. The van der Waals surface area contributed by atoms with Gasteiger partial charge in [-0.3, -0.25) is 4.79 Å². The largest absolute Gasteiger partial charge is 0.481 e. The van der Waals surface area contributed by atoms with Crippen molar-refractivity contribution in [1.82, 2.24) is 4.57 Å². The second-order valence-electron chi connectivity index (χ2n) is 3.68. The Bertz CT molecular complexity index is 503. The molecule has 4 nitrogen and oxygen atoms in total. The summed E-state index contributed by atoms with van der Waals surface area (Å²) in [6.07, 6.45) is 2.79. The van der Waals surface area contributed by atoms with E-state index in [0.717, 1.165) is 16.5 Å². The number of rotatable bonds is 3. The Morgan fingerprint density at radius 3 is 2.65 bits per heavy atom. The molecule has 1 aromatic carbocycles. The van der Waals surface area contributed by atoms with Gasteiger partial charge < -0.3 is 15.4 Å². The average molecular weight is 234 g/mol. The number of carboxylic acids is 1. The highest BCUT2D eigenvalue weighted by Gasteiger charge is 2.06. The number of benzene rings is 1. The van der Waals surface area contributed by atoms with E-state index in [2.05, 4.69) is 5.73 Å². The molecule has 0 radical (unpaired) electrons. The molecule has 0 fully saturated rings. The average Bonchev–Trinajstić information content (AvgIpc) is 2.67. The lowest BCUT2D eigenvalue weighted by atomic mass is 10.1. The van der Waals surface area contributed by atoms with E-state index in [0.29, 0.717) is 6.42 Å². The van der Waals surface area contributed by atoms with Crippen molar-refractivity contribution < 1.29 is 9.90 Å². The van der Waals surface area contributed by atoms with E-state index in [1.807, 2.05) is 42.1 Å². The van der Waals surface area contributed by atoms with Crippen LogP contribution in [-0.2, 0) is 18.3 Å². The van der Waals surface area contributed by atoms with Crippen LogP contribution in [0.4, 0.5) is 0 Å². The summed E-state index contributed by atoms with van der Waals surface area (Å²) >= 11 is 0. The third-order valence-corrected chi connectivity index (χ3v) is 2.59. The van der Waals surface area contributed by atoms with Gasteiger partial charge in [0.1, 0.15) is 0 Å². The molecule has 2 rings (SSSR count). The summed E-state index contributed by atoms with van der Waals surface area (Å²) in [5.74, 6) is -0.747. The van der Waals surface area contributed by atoms with Gasteiger partial charge in [-0.15, -0.1) is 0 Å². The lowest BCUT2D eigenvalue weighted by molar-refractivity contribution is -0.136. The Hall–Kier alpha value is -1.81. The smallest absolute Gasteiger partial charge is 0.303 e. The molecule has 0 aliphatic carbocycles. The number of aliphatic carboxylic acids is 1. The molecule has 0 amide bonds. The first-order chi connectivity index (χ1) is 8.18. The highest BCUT2D eigenvalue weighted by molar-refractivity contribution is 5.84. The van der Waals surface area contributed by atoms with E-state index in [4.69, 9.17) is 5.11 Å². The van der Waals surface area contributed by atoms with Gasteiger partial charge in [0, 0.05) is 30.6 Å². The minimum absolute atomic E-state index is 0.188. The Balaban J connectivity index is 0.000000686. The van der Waals surface area contributed by atoms with Crippen molar-refractivity contribution in [3.63, 3.8) is 0 Å². The lowest BCUT2D eigenvalue weighted by Gasteiger charge is -1.95. The van der Waals surface area contributed by atoms with Gasteiger partial charge in [-0.25, -0.2) is 0 Å².